The fraction of sp³-hybridized carbons (Fsp3) is 0.500. The molecule has 1 aliphatic heterocycles. The predicted molar refractivity (Wildman–Crippen MR) is 84.5 cm³/mol. The van der Waals surface area contributed by atoms with E-state index in [0.717, 1.165) is 41.5 Å². The van der Waals surface area contributed by atoms with Crippen LogP contribution in [0.3, 0.4) is 0 Å². The van der Waals surface area contributed by atoms with Crippen molar-refractivity contribution in [2.24, 2.45) is 5.92 Å². The van der Waals surface area contributed by atoms with E-state index in [9.17, 15) is 0 Å². The average molecular weight is 291 g/mol. The highest BCUT2D eigenvalue weighted by Crippen LogP contribution is 2.28. The first-order valence-electron chi connectivity index (χ1n) is 7.20. The standard InChI is InChI=1S/C16H21NO2S/c1-18-15-4-2-3-13-9-14(19-16(13)15)11-17-10-12-5-7-20-8-6-12/h2-4,9,12,17H,5-8,10-11H2,1H3. The summed E-state index contributed by atoms with van der Waals surface area (Å²) in [6.07, 6.45) is 2.68. The summed E-state index contributed by atoms with van der Waals surface area (Å²) in [5.74, 6) is 5.24. The molecule has 0 spiro atoms. The fourth-order valence-corrected chi connectivity index (χ4v) is 3.89. The SMILES string of the molecule is COc1cccc2cc(CNCC3CCSCC3)oc12. The Kier molecular flexibility index (Phi) is 4.53. The molecule has 3 rings (SSSR count). The molecule has 0 unspecified atom stereocenters. The van der Waals surface area contributed by atoms with Gasteiger partial charge < -0.3 is 14.5 Å². The van der Waals surface area contributed by atoms with Crippen molar-refractivity contribution in [3.05, 3.63) is 30.0 Å². The molecule has 0 aliphatic carbocycles. The monoisotopic (exact) mass is 291 g/mol. The number of hydrogen-bond acceptors (Lipinski definition) is 4. The van der Waals surface area contributed by atoms with E-state index in [4.69, 9.17) is 9.15 Å². The van der Waals surface area contributed by atoms with Gasteiger partial charge in [0, 0.05) is 5.39 Å². The summed E-state index contributed by atoms with van der Waals surface area (Å²) in [4.78, 5) is 0. The van der Waals surface area contributed by atoms with Crippen molar-refractivity contribution in [3.63, 3.8) is 0 Å². The minimum absolute atomic E-state index is 0.793. The van der Waals surface area contributed by atoms with E-state index in [-0.39, 0.29) is 0 Å². The second kappa shape index (κ2) is 6.55. The first-order valence-corrected chi connectivity index (χ1v) is 8.36. The van der Waals surface area contributed by atoms with Gasteiger partial charge in [0.2, 0.25) is 0 Å². The topological polar surface area (TPSA) is 34.4 Å². The summed E-state index contributed by atoms with van der Waals surface area (Å²) in [6, 6.07) is 8.08. The molecule has 1 fully saturated rings. The van der Waals surface area contributed by atoms with E-state index in [2.05, 4.69) is 29.2 Å². The van der Waals surface area contributed by atoms with E-state index in [1.165, 1.54) is 24.3 Å². The van der Waals surface area contributed by atoms with Gasteiger partial charge in [0.05, 0.1) is 13.7 Å². The Morgan fingerprint density at radius 3 is 3.00 bits per heavy atom. The number of hydrogen-bond donors (Lipinski definition) is 1. The number of nitrogens with one attached hydrogen (secondary N) is 1. The highest BCUT2D eigenvalue weighted by atomic mass is 32.2. The van der Waals surface area contributed by atoms with Crippen LogP contribution in [0.15, 0.2) is 28.7 Å². The molecular weight excluding hydrogens is 270 g/mol. The Bertz CT molecular complexity index is 561. The fourth-order valence-electron chi connectivity index (χ4n) is 2.69. The highest BCUT2D eigenvalue weighted by molar-refractivity contribution is 7.99. The molecule has 108 valence electrons. The molecule has 4 heteroatoms. The van der Waals surface area contributed by atoms with Crippen molar-refractivity contribution in [1.82, 2.24) is 5.32 Å². The molecule has 1 aliphatic rings. The molecule has 20 heavy (non-hydrogen) atoms. The minimum Gasteiger partial charge on any atom is -0.493 e. The van der Waals surface area contributed by atoms with Gasteiger partial charge in [-0.1, -0.05) is 12.1 Å². The van der Waals surface area contributed by atoms with Crippen LogP contribution in [0.1, 0.15) is 18.6 Å². The average Bonchev–Trinajstić information content (AvgIpc) is 2.91. The molecule has 0 saturated carbocycles. The molecule has 3 nitrogen and oxygen atoms in total. The van der Waals surface area contributed by atoms with Gasteiger partial charge in [-0.05, 0) is 48.9 Å². The zero-order valence-electron chi connectivity index (χ0n) is 11.9. The van der Waals surface area contributed by atoms with Crippen molar-refractivity contribution < 1.29 is 9.15 Å². The molecule has 1 aromatic heterocycles. The third-order valence-electron chi connectivity index (χ3n) is 3.85. The molecule has 0 bridgehead atoms. The lowest BCUT2D eigenvalue weighted by Gasteiger charge is -2.21. The first kappa shape index (κ1) is 13.8. The van der Waals surface area contributed by atoms with Gasteiger partial charge in [0.15, 0.2) is 11.3 Å². The molecule has 1 N–H and O–H groups in total. The van der Waals surface area contributed by atoms with Gasteiger partial charge in [-0.15, -0.1) is 0 Å². The first-order chi connectivity index (χ1) is 9.86. The summed E-state index contributed by atoms with van der Waals surface area (Å²) in [5, 5.41) is 4.63. The van der Waals surface area contributed by atoms with Crippen LogP contribution in [-0.2, 0) is 6.54 Å². The smallest absolute Gasteiger partial charge is 0.176 e. The normalized spacial score (nSPS) is 16.6. The lowest BCUT2D eigenvalue weighted by Crippen LogP contribution is -2.25. The maximum Gasteiger partial charge on any atom is 0.176 e. The van der Waals surface area contributed by atoms with Crippen LogP contribution in [-0.4, -0.2) is 25.2 Å². The van der Waals surface area contributed by atoms with E-state index in [0.29, 0.717) is 0 Å². The molecule has 2 heterocycles. The van der Waals surface area contributed by atoms with Crippen LogP contribution in [0, 0.1) is 5.92 Å². The van der Waals surface area contributed by atoms with Gasteiger partial charge in [-0.25, -0.2) is 0 Å². The third kappa shape index (κ3) is 3.13. The van der Waals surface area contributed by atoms with E-state index in [1.807, 2.05) is 12.1 Å². The highest BCUT2D eigenvalue weighted by Gasteiger charge is 2.13. The maximum absolute atomic E-state index is 5.89. The number of thioether (sulfide) groups is 1. The number of benzene rings is 1. The quantitative estimate of drug-likeness (QED) is 0.911. The van der Waals surface area contributed by atoms with Gasteiger partial charge in [-0.3, -0.25) is 0 Å². The molecule has 2 aromatic rings. The maximum atomic E-state index is 5.89. The van der Waals surface area contributed by atoms with E-state index < -0.39 is 0 Å². The van der Waals surface area contributed by atoms with Crippen LogP contribution in [0.5, 0.6) is 5.75 Å². The second-order valence-electron chi connectivity index (χ2n) is 5.28. The molecule has 0 atom stereocenters. The number of furan rings is 1. The number of methoxy groups -OCH3 is 1. The Labute approximate surface area is 124 Å². The lowest BCUT2D eigenvalue weighted by molar-refractivity contribution is 0.401. The lowest BCUT2D eigenvalue weighted by atomic mass is 10.0. The van der Waals surface area contributed by atoms with Gasteiger partial charge in [0.1, 0.15) is 5.76 Å². The van der Waals surface area contributed by atoms with Crippen molar-refractivity contribution in [2.75, 3.05) is 25.2 Å². The van der Waals surface area contributed by atoms with Gasteiger partial charge >= 0.3 is 0 Å². The Hall–Kier alpha value is -1.13. The Morgan fingerprint density at radius 2 is 2.20 bits per heavy atom. The Balaban J connectivity index is 1.60. The van der Waals surface area contributed by atoms with Crippen molar-refractivity contribution in [2.45, 2.75) is 19.4 Å². The summed E-state index contributed by atoms with van der Waals surface area (Å²) < 4.78 is 11.2. The van der Waals surface area contributed by atoms with Crippen LogP contribution >= 0.6 is 11.8 Å². The van der Waals surface area contributed by atoms with Crippen LogP contribution < -0.4 is 10.1 Å². The summed E-state index contributed by atoms with van der Waals surface area (Å²) >= 11 is 2.08. The summed E-state index contributed by atoms with van der Waals surface area (Å²) in [5.41, 5.74) is 0.848. The number of fused-ring (bicyclic) bond motifs is 1. The largest absolute Gasteiger partial charge is 0.493 e. The molecule has 0 radical (unpaired) electrons. The van der Waals surface area contributed by atoms with Crippen molar-refractivity contribution >= 4 is 22.7 Å². The predicted octanol–water partition coefficient (Wildman–Crippen LogP) is 3.67. The number of ether oxygens (including phenoxy) is 1. The zero-order valence-corrected chi connectivity index (χ0v) is 12.7. The van der Waals surface area contributed by atoms with E-state index in [1.54, 1.807) is 7.11 Å². The van der Waals surface area contributed by atoms with Crippen LogP contribution in [0.25, 0.3) is 11.0 Å². The van der Waals surface area contributed by atoms with Gasteiger partial charge in [0.25, 0.3) is 0 Å². The summed E-state index contributed by atoms with van der Waals surface area (Å²) in [7, 11) is 1.68. The number of para-hydroxylation sites is 1. The third-order valence-corrected chi connectivity index (χ3v) is 4.90. The molecular formula is C16H21NO2S. The minimum atomic E-state index is 0.793. The Morgan fingerprint density at radius 1 is 1.35 bits per heavy atom. The molecule has 1 saturated heterocycles. The van der Waals surface area contributed by atoms with Gasteiger partial charge in [-0.2, -0.15) is 11.8 Å². The number of rotatable bonds is 5. The van der Waals surface area contributed by atoms with Crippen LogP contribution in [0.4, 0.5) is 0 Å². The van der Waals surface area contributed by atoms with Crippen molar-refractivity contribution in [3.8, 4) is 5.75 Å². The summed E-state index contributed by atoms with van der Waals surface area (Å²) in [6.45, 7) is 1.89. The van der Waals surface area contributed by atoms with E-state index >= 15 is 0 Å². The molecule has 1 aromatic carbocycles. The molecule has 0 amide bonds. The zero-order chi connectivity index (χ0) is 13.8. The van der Waals surface area contributed by atoms with Crippen molar-refractivity contribution in [1.29, 1.82) is 0 Å². The van der Waals surface area contributed by atoms with Crippen LogP contribution in [0.2, 0.25) is 0 Å². The second-order valence-corrected chi connectivity index (χ2v) is 6.50.